The van der Waals surface area contributed by atoms with Gasteiger partial charge in [0.05, 0.1) is 23.4 Å². The average molecular weight is 461 g/mol. The van der Waals surface area contributed by atoms with Gasteiger partial charge in [-0.1, -0.05) is 42.5 Å². The predicted molar refractivity (Wildman–Crippen MR) is 120 cm³/mol. The first kappa shape index (κ1) is 24.8. The number of aromatic nitrogens is 1. The van der Waals surface area contributed by atoms with Crippen molar-refractivity contribution in [3.05, 3.63) is 71.7 Å². The van der Waals surface area contributed by atoms with Gasteiger partial charge in [-0.25, -0.2) is 4.39 Å². The van der Waals surface area contributed by atoms with Crippen LogP contribution in [0.25, 0.3) is 28.1 Å². The number of aliphatic carboxylic acids is 1. The van der Waals surface area contributed by atoms with Crippen molar-refractivity contribution < 1.29 is 24.5 Å². The minimum absolute atomic E-state index is 0. The van der Waals surface area contributed by atoms with Gasteiger partial charge in [0.15, 0.2) is 0 Å². The van der Waals surface area contributed by atoms with Crippen LogP contribution in [0.3, 0.4) is 0 Å². The monoisotopic (exact) mass is 460 g/mol. The largest absolute Gasteiger partial charge is 2.00 e. The smallest absolute Gasteiger partial charge is 0.550 e. The Labute approximate surface area is 215 Å². The molecule has 1 heterocycles. The maximum atomic E-state index is 13.6. The molecular weight excluding hydrogens is 437 g/mol. The van der Waals surface area contributed by atoms with Crippen molar-refractivity contribution >= 4 is 60.7 Å². The number of rotatable bonds is 8. The van der Waals surface area contributed by atoms with E-state index in [9.17, 15) is 24.5 Å². The molecule has 0 amide bonds. The summed E-state index contributed by atoms with van der Waals surface area (Å²) in [6.07, 6.45) is 2.51. The van der Waals surface area contributed by atoms with Crippen molar-refractivity contribution in [2.24, 2.45) is 0 Å². The van der Waals surface area contributed by atoms with Gasteiger partial charge in [0.2, 0.25) is 0 Å². The van der Waals surface area contributed by atoms with E-state index in [0.29, 0.717) is 5.92 Å². The minimum atomic E-state index is -1.36. The fraction of sp³-hybridized carbons (Fsp3) is 0.280. The van der Waals surface area contributed by atoms with Crippen molar-refractivity contribution in [2.75, 3.05) is 0 Å². The number of fused-ring (bicyclic) bond motifs is 1. The van der Waals surface area contributed by atoms with Gasteiger partial charge in [-0.3, -0.25) is 4.98 Å². The molecule has 32 heavy (non-hydrogen) atoms. The Balaban J connectivity index is 0.00000289. The number of carboxylic acid groups (broad SMARTS) is 1. The summed E-state index contributed by atoms with van der Waals surface area (Å²) in [6.45, 7) is 0. The molecule has 5 nitrogen and oxygen atoms in total. The number of carbonyl (C=O) groups is 1. The van der Waals surface area contributed by atoms with Crippen molar-refractivity contribution in [1.82, 2.24) is 4.98 Å². The third-order valence-electron chi connectivity index (χ3n) is 5.46. The molecule has 2 aromatic carbocycles. The van der Waals surface area contributed by atoms with E-state index in [0.717, 1.165) is 46.1 Å². The van der Waals surface area contributed by atoms with E-state index in [1.54, 1.807) is 24.3 Å². The second-order valence-corrected chi connectivity index (χ2v) is 7.98. The molecule has 1 fully saturated rings. The number of nitrogens with zero attached hydrogens (tertiary/aromatic N) is 1. The molecule has 0 saturated heterocycles. The number of carbonyl (C=O) groups excluding carboxylic acids is 1. The van der Waals surface area contributed by atoms with Gasteiger partial charge < -0.3 is 20.1 Å². The van der Waals surface area contributed by atoms with Gasteiger partial charge in [0.25, 0.3) is 0 Å². The second-order valence-electron chi connectivity index (χ2n) is 7.98. The molecule has 7 heteroatoms. The molecule has 1 aliphatic carbocycles. The van der Waals surface area contributed by atoms with E-state index < -0.39 is 24.6 Å². The number of hydrogen-bond acceptors (Lipinski definition) is 5. The summed E-state index contributed by atoms with van der Waals surface area (Å²) in [6, 6.07) is 14.1. The van der Waals surface area contributed by atoms with Gasteiger partial charge in [0.1, 0.15) is 5.82 Å². The van der Waals surface area contributed by atoms with Crippen LogP contribution in [0, 0.1) is 5.82 Å². The molecule has 4 rings (SSSR count). The number of pyridine rings is 1. The van der Waals surface area contributed by atoms with Gasteiger partial charge >= 0.3 is 37.7 Å². The molecule has 0 spiro atoms. The van der Waals surface area contributed by atoms with Crippen LogP contribution >= 0.6 is 0 Å². The number of aliphatic hydroxyl groups excluding tert-OH is 2. The first-order valence-electron chi connectivity index (χ1n) is 10.3. The number of hydrogen-bond donors (Lipinski definition) is 2. The number of aliphatic hydroxyl groups is 2. The van der Waals surface area contributed by atoms with Crippen LogP contribution < -0.4 is 5.11 Å². The van der Waals surface area contributed by atoms with Crippen LogP contribution in [-0.2, 0) is 4.79 Å². The summed E-state index contributed by atoms with van der Waals surface area (Å²) in [7, 11) is 0. The maximum absolute atomic E-state index is 13.6. The molecule has 3 aromatic rings. The fourth-order valence-electron chi connectivity index (χ4n) is 3.85. The van der Waals surface area contributed by atoms with E-state index in [1.165, 1.54) is 12.1 Å². The maximum Gasteiger partial charge on any atom is 2.00 e. The summed E-state index contributed by atoms with van der Waals surface area (Å²) in [4.78, 5) is 15.5. The van der Waals surface area contributed by atoms with E-state index in [-0.39, 0.29) is 50.0 Å². The second kappa shape index (κ2) is 10.9. The topological polar surface area (TPSA) is 93.5 Å². The van der Waals surface area contributed by atoms with Crippen molar-refractivity contribution in [3.63, 3.8) is 0 Å². The first-order chi connectivity index (χ1) is 14.9. The van der Waals surface area contributed by atoms with E-state index >= 15 is 0 Å². The summed E-state index contributed by atoms with van der Waals surface area (Å²) in [5.74, 6) is -1.36. The van der Waals surface area contributed by atoms with Crippen LogP contribution in [0.5, 0.6) is 0 Å². The third-order valence-corrected chi connectivity index (χ3v) is 5.46. The van der Waals surface area contributed by atoms with Gasteiger partial charge in [-0.2, -0.15) is 0 Å². The molecule has 2 atom stereocenters. The average Bonchev–Trinajstić information content (AvgIpc) is 3.56. The van der Waals surface area contributed by atoms with Crippen LogP contribution in [0.15, 0.2) is 54.6 Å². The summed E-state index contributed by atoms with van der Waals surface area (Å²) < 4.78 is 13.6. The van der Waals surface area contributed by atoms with E-state index in [4.69, 9.17) is 4.98 Å². The van der Waals surface area contributed by atoms with E-state index in [2.05, 4.69) is 0 Å². The van der Waals surface area contributed by atoms with Crippen LogP contribution in [-0.4, -0.2) is 71.1 Å². The quantitative estimate of drug-likeness (QED) is 0.504. The summed E-state index contributed by atoms with van der Waals surface area (Å²) in [5.41, 5.74) is 4.38. The van der Waals surface area contributed by atoms with Gasteiger partial charge in [0, 0.05) is 41.2 Å². The minimum Gasteiger partial charge on any atom is -0.550 e. The Morgan fingerprint density at radius 1 is 1.16 bits per heavy atom. The number of benzene rings is 2. The number of para-hydroxylation sites is 1. The standard InChI is InChI=1S/C25H24FNO4.Ca/c26-17-9-7-15(8-10-17)24-20-3-1-2-4-22(20)27-25(16-5-6-16)21(24)12-11-18(28)13-19(29)14-23(30)31;/h1-4,7-12,16,18-19,28-29H,5-6,13-14H2,(H,30,31);/q;+2/p-1/b12-11-;/t18-,19-;/m1./s1. The van der Waals surface area contributed by atoms with Crippen LogP contribution in [0.2, 0.25) is 0 Å². The Kier molecular flexibility index (Phi) is 8.42. The Morgan fingerprint density at radius 2 is 1.84 bits per heavy atom. The normalized spacial score (nSPS) is 15.5. The SMILES string of the molecule is O=C([O-])C[C@H](O)C[C@H](O)/C=C\c1c(C2CC2)nc2ccccc2c1-c1ccc(F)cc1.[Ca+2]. The van der Waals surface area contributed by atoms with Crippen molar-refractivity contribution in [3.8, 4) is 11.1 Å². The molecule has 1 saturated carbocycles. The molecule has 1 aromatic heterocycles. The summed E-state index contributed by atoms with van der Waals surface area (Å²) >= 11 is 0. The Bertz CT molecular complexity index is 1130. The number of carboxylic acids is 1. The van der Waals surface area contributed by atoms with Crippen LogP contribution in [0.1, 0.15) is 42.9 Å². The zero-order valence-electron chi connectivity index (χ0n) is 17.6. The molecule has 0 aliphatic heterocycles. The van der Waals surface area contributed by atoms with Crippen LogP contribution in [0.4, 0.5) is 4.39 Å². The molecular formula is C25H23CaFNO4+. The number of halogens is 1. The third kappa shape index (κ3) is 5.94. The van der Waals surface area contributed by atoms with Crippen molar-refractivity contribution in [2.45, 2.75) is 43.8 Å². The predicted octanol–water partition coefficient (Wildman–Crippen LogP) is 2.80. The summed E-state index contributed by atoms with van der Waals surface area (Å²) in [5, 5.41) is 31.7. The molecule has 1 aliphatic rings. The molecule has 160 valence electrons. The zero-order valence-corrected chi connectivity index (χ0v) is 19.8. The Hall–Kier alpha value is -1.83. The molecule has 2 N–H and O–H groups in total. The molecule has 0 bridgehead atoms. The van der Waals surface area contributed by atoms with Crippen molar-refractivity contribution in [1.29, 1.82) is 0 Å². The Morgan fingerprint density at radius 3 is 2.50 bits per heavy atom. The molecule has 0 unspecified atom stereocenters. The van der Waals surface area contributed by atoms with Gasteiger partial charge in [-0.05, 0) is 36.6 Å². The molecule has 0 radical (unpaired) electrons. The fourth-order valence-corrected chi connectivity index (χ4v) is 3.85. The first-order valence-corrected chi connectivity index (χ1v) is 10.3. The zero-order chi connectivity index (χ0) is 22.0. The van der Waals surface area contributed by atoms with Gasteiger partial charge in [-0.15, -0.1) is 0 Å². The van der Waals surface area contributed by atoms with E-state index in [1.807, 2.05) is 24.3 Å².